The lowest BCUT2D eigenvalue weighted by atomic mass is 10.1. The molecule has 1 amide bonds. The first-order valence-corrected chi connectivity index (χ1v) is 7.33. The van der Waals surface area contributed by atoms with Crippen molar-refractivity contribution in [3.05, 3.63) is 33.8 Å². The van der Waals surface area contributed by atoms with E-state index in [0.717, 1.165) is 5.56 Å². The third kappa shape index (κ3) is 4.09. The van der Waals surface area contributed by atoms with Gasteiger partial charge in [-0.25, -0.2) is 4.79 Å². The Balaban J connectivity index is 1.80. The van der Waals surface area contributed by atoms with E-state index in [1.807, 2.05) is 6.07 Å². The molecule has 114 valence electrons. The Hall–Kier alpha value is -1.30. The summed E-state index contributed by atoms with van der Waals surface area (Å²) >= 11 is 12.0. The summed E-state index contributed by atoms with van der Waals surface area (Å²) in [5.74, 6) is -1.33. The maximum Gasteiger partial charge on any atom is 0.332 e. The van der Waals surface area contributed by atoms with Crippen LogP contribution in [0.25, 0.3) is 0 Å². The number of halogens is 2. The summed E-state index contributed by atoms with van der Waals surface area (Å²) in [7, 11) is 0. The van der Waals surface area contributed by atoms with Crippen LogP contribution >= 0.6 is 23.2 Å². The van der Waals surface area contributed by atoms with E-state index in [0.29, 0.717) is 35.9 Å². The van der Waals surface area contributed by atoms with Crippen LogP contribution in [0, 0.1) is 0 Å². The first kappa shape index (κ1) is 16.1. The summed E-state index contributed by atoms with van der Waals surface area (Å²) in [4.78, 5) is 22.6. The fourth-order valence-electron chi connectivity index (χ4n) is 2.19. The van der Waals surface area contributed by atoms with Crippen LogP contribution in [0.4, 0.5) is 0 Å². The Bertz CT molecular complexity index is 550. The average molecular weight is 332 g/mol. The Morgan fingerprint density at radius 2 is 2.00 bits per heavy atom. The largest absolute Gasteiger partial charge is 0.479 e. The van der Waals surface area contributed by atoms with E-state index in [2.05, 4.69) is 5.32 Å². The Labute approximate surface area is 132 Å². The molecule has 0 aliphatic carbocycles. The van der Waals surface area contributed by atoms with E-state index >= 15 is 0 Å². The minimum absolute atomic E-state index is 0.295. The van der Waals surface area contributed by atoms with Gasteiger partial charge in [-0.3, -0.25) is 4.79 Å². The molecule has 1 aromatic carbocycles. The van der Waals surface area contributed by atoms with Crippen LogP contribution in [0.3, 0.4) is 0 Å². The quantitative estimate of drug-likeness (QED) is 0.867. The van der Waals surface area contributed by atoms with Gasteiger partial charge in [0.2, 0.25) is 5.91 Å². The molecule has 2 rings (SSSR count). The van der Waals surface area contributed by atoms with Crippen molar-refractivity contribution in [1.82, 2.24) is 5.32 Å². The lowest BCUT2D eigenvalue weighted by Gasteiger charge is -2.12. The number of amides is 1. The Morgan fingerprint density at radius 1 is 1.29 bits per heavy atom. The highest BCUT2D eigenvalue weighted by Crippen LogP contribution is 2.25. The van der Waals surface area contributed by atoms with Gasteiger partial charge in [0.15, 0.2) is 6.10 Å². The van der Waals surface area contributed by atoms with Crippen molar-refractivity contribution in [3.8, 4) is 0 Å². The fourth-order valence-corrected chi connectivity index (χ4v) is 2.60. The Morgan fingerprint density at radius 3 is 2.67 bits per heavy atom. The molecule has 5 nitrogen and oxygen atoms in total. The van der Waals surface area contributed by atoms with E-state index in [1.165, 1.54) is 0 Å². The number of carboxylic acids is 1. The van der Waals surface area contributed by atoms with E-state index in [9.17, 15) is 9.59 Å². The summed E-state index contributed by atoms with van der Waals surface area (Å²) in [6, 6.07) is 5.33. The minimum Gasteiger partial charge on any atom is -0.479 e. The third-order valence-electron chi connectivity index (χ3n) is 3.31. The highest BCUT2D eigenvalue weighted by Gasteiger charge is 2.34. The highest BCUT2D eigenvalue weighted by atomic mass is 35.5. The van der Waals surface area contributed by atoms with Gasteiger partial charge < -0.3 is 15.2 Å². The summed E-state index contributed by atoms with van der Waals surface area (Å²) in [5, 5.41) is 12.5. The maximum absolute atomic E-state index is 11.9. The molecule has 0 aromatic heterocycles. The average Bonchev–Trinajstić information content (AvgIpc) is 2.93. The standard InChI is InChI=1S/C14H15Cl2NO4/c15-9-3-1-2-8(12(9)16)6-7-17-13(18)10-4-5-11(21-10)14(19)20/h1-3,10-11H,4-7H2,(H,17,18)(H,19,20)/t10-,11+/m0/s1. The second kappa shape index (κ2) is 7.11. The van der Waals surface area contributed by atoms with Gasteiger partial charge >= 0.3 is 5.97 Å². The summed E-state index contributed by atoms with van der Waals surface area (Å²) in [5.41, 5.74) is 0.847. The SMILES string of the molecule is O=C(NCCc1cccc(Cl)c1Cl)[C@@H]1CC[C@H](C(=O)O)O1. The van der Waals surface area contributed by atoms with Gasteiger partial charge in [0.05, 0.1) is 10.0 Å². The lowest BCUT2D eigenvalue weighted by molar-refractivity contribution is -0.151. The van der Waals surface area contributed by atoms with Gasteiger partial charge in [-0.2, -0.15) is 0 Å². The van der Waals surface area contributed by atoms with Crippen molar-refractivity contribution in [2.45, 2.75) is 31.5 Å². The molecule has 0 unspecified atom stereocenters. The normalized spacial score (nSPS) is 21.2. The number of hydrogen-bond acceptors (Lipinski definition) is 3. The zero-order valence-corrected chi connectivity index (χ0v) is 12.7. The molecular weight excluding hydrogens is 317 g/mol. The van der Waals surface area contributed by atoms with Crippen LogP contribution < -0.4 is 5.32 Å². The fraction of sp³-hybridized carbons (Fsp3) is 0.429. The molecule has 21 heavy (non-hydrogen) atoms. The topological polar surface area (TPSA) is 75.6 Å². The molecule has 1 heterocycles. The van der Waals surface area contributed by atoms with Crippen LogP contribution in [-0.4, -0.2) is 35.7 Å². The first-order chi connectivity index (χ1) is 9.99. The van der Waals surface area contributed by atoms with Crippen molar-refractivity contribution in [1.29, 1.82) is 0 Å². The number of hydrogen-bond donors (Lipinski definition) is 2. The highest BCUT2D eigenvalue weighted by molar-refractivity contribution is 6.42. The molecule has 2 N–H and O–H groups in total. The first-order valence-electron chi connectivity index (χ1n) is 6.58. The van der Waals surface area contributed by atoms with Gasteiger partial charge in [0, 0.05) is 6.54 Å². The molecule has 7 heteroatoms. The molecule has 1 saturated heterocycles. The minimum atomic E-state index is -1.03. The van der Waals surface area contributed by atoms with Gasteiger partial charge in [-0.05, 0) is 30.9 Å². The van der Waals surface area contributed by atoms with Gasteiger partial charge in [0.1, 0.15) is 6.10 Å². The Kier molecular flexibility index (Phi) is 5.45. The van der Waals surface area contributed by atoms with Gasteiger partial charge in [0.25, 0.3) is 0 Å². The van der Waals surface area contributed by atoms with Crippen molar-refractivity contribution in [2.75, 3.05) is 6.54 Å². The molecule has 1 aliphatic rings. The van der Waals surface area contributed by atoms with Crippen molar-refractivity contribution in [2.24, 2.45) is 0 Å². The summed E-state index contributed by atoms with van der Waals surface area (Å²) in [6.45, 7) is 0.385. The van der Waals surface area contributed by atoms with Crippen molar-refractivity contribution in [3.63, 3.8) is 0 Å². The van der Waals surface area contributed by atoms with E-state index in [1.54, 1.807) is 12.1 Å². The third-order valence-corrected chi connectivity index (χ3v) is 4.17. The molecule has 0 saturated carbocycles. The van der Waals surface area contributed by atoms with E-state index < -0.39 is 18.2 Å². The second-order valence-electron chi connectivity index (χ2n) is 4.78. The van der Waals surface area contributed by atoms with E-state index in [-0.39, 0.29) is 5.91 Å². The lowest BCUT2D eigenvalue weighted by Crippen LogP contribution is -2.36. The number of aliphatic carboxylic acids is 1. The second-order valence-corrected chi connectivity index (χ2v) is 5.57. The number of benzene rings is 1. The molecule has 2 atom stereocenters. The number of carbonyl (C=O) groups is 2. The van der Waals surface area contributed by atoms with Crippen molar-refractivity contribution < 1.29 is 19.4 Å². The van der Waals surface area contributed by atoms with Crippen LogP contribution in [-0.2, 0) is 20.7 Å². The number of carbonyl (C=O) groups excluding carboxylic acids is 1. The summed E-state index contributed by atoms with van der Waals surface area (Å²) < 4.78 is 5.17. The summed E-state index contributed by atoms with van der Waals surface area (Å²) in [6.07, 6.45) is -0.266. The van der Waals surface area contributed by atoms with Crippen LogP contribution in [0.5, 0.6) is 0 Å². The molecular formula is C14H15Cl2NO4. The predicted octanol–water partition coefficient (Wildman–Crippen LogP) is 2.28. The number of rotatable bonds is 5. The smallest absolute Gasteiger partial charge is 0.332 e. The molecule has 0 radical (unpaired) electrons. The van der Waals surface area contributed by atoms with Gasteiger partial charge in [-0.1, -0.05) is 35.3 Å². The van der Waals surface area contributed by atoms with Gasteiger partial charge in [-0.15, -0.1) is 0 Å². The predicted molar refractivity (Wildman–Crippen MR) is 78.7 cm³/mol. The molecule has 0 bridgehead atoms. The monoisotopic (exact) mass is 331 g/mol. The van der Waals surface area contributed by atoms with Crippen LogP contribution in [0.1, 0.15) is 18.4 Å². The van der Waals surface area contributed by atoms with E-state index in [4.69, 9.17) is 33.0 Å². The number of carboxylic acid groups (broad SMARTS) is 1. The number of nitrogens with one attached hydrogen (secondary N) is 1. The molecule has 0 spiro atoms. The zero-order chi connectivity index (χ0) is 15.4. The zero-order valence-electron chi connectivity index (χ0n) is 11.1. The maximum atomic E-state index is 11.9. The van der Waals surface area contributed by atoms with Crippen molar-refractivity contribution >= 4 is 35.1 Å². The van der Waals surface area contributed by atoms with Crippen LogP contribution in [0.15, 0.2) is 18.2 Å². The molecule has 1 aliphatic heterocycles. The molecule has 1 fully saturated rings. The van der Waals surface area contributed by atoms with Crippen LogP contribution in [0.2, 0.25) is 10.0 Å². The number of ether oxygens (including phenoxy) is 1. The molecule has 1 aromatic rings.